The van der Waals surface area contributed by atoms with Crippen LogP contribution in [-0.4, -0.2) is 27.7 Å². The van der Waals surface area contributed by atoms with Crippen LogP contribution in [0.4, 0.5) is 16.2 Å². The molecule has 1 fully saturated rings. The fraction of sp³-hybridized carbons (Fsp3) is 0.133. The van der Waals surface area contributed by atoms with Crippen LogP contribution in [-0.2, 0) is 14.8 Å². The minimum Gasteiger partial charge on any atom is -0.447 e. The zero-order valence-corrected chi connectivity index (χ0v) is 14.5. The van der Waals surface area contributed by atoms with Crippen LogP contribution >= 0.6 is 23.2 Å². The SMILES string of the molecule is O=C1OCCN1c1ccc(NS(=O)(=O)c2ccc(Cl)c(Cl)c2)cc1. The molecule has 1 aliphatic heterocycles. The van der Waals surface area contributed by atoms with E-state index in [0.29, 0.717) is 24.5 Å². The lowest BCUT2D eigenvalue weighted by Gasteiger charge is -2.14. The smallest absolute Gasteiger partial charge is 0.414 e. The van der Waals surface area contributed by atoms with Crippen molar-refractivity contribution in [2.24, 2.45) is 0 Å². The Balaban J connectivity index is 1.80. The van der Waals surface area contributed by atoms with Gasteiger partial charge in [0.1, 0.15) is 6.61 Å². The largest absolute Gasteiger partial charge is 0.447 e. The summed E-state index contributed by atoms with van der Waals surface area (Å²) in [5, 5.41) is 0.430. The molecular weight excluding hydrogens is 375 g/mol. The molecule has 1 aliphatic rings. The van der Waals surface area contributed by atoms with Crippen LogP contribution in [0.15, 0.2) is 47.4 Å². The van der Waals surface area contributed by atoms with Crippen molar-refractivity contribution in [1.82, 2.24) is 0 Å². The van der Waals surface area contributed by atoms with Crippen molar-refractivity contribution in [3.8, 4) is 0 Å². The number of rotatable bonds is 4. The average molecular weight is 387 g/mol. The summed E-state index contributed by atoms with van der Waals surface area (Å²) in [5.41, 5.74) is 0.993. The molecule has 0 saturated carbocycles. The van der Waals surface area contributed by atoms with E-state index in [-0.39, 0.29) is 14.9 Å². The molecule has 1 saturated heterocycles. The third-order valence-corrected chi connectivity index (χ3v) is 5.51. The van der Waals surface area contributed by atoms with Crippen LogP contribution in [0.1, 0.15) is 0 Å². The number of sulfonamides is 1. The van der Waals surface area contributed by atoms with E-state index in [1.54, 1.807) is 24.3 Å². The van der Waals surface area contributed by atoms with E-state index in [1.807, 2.05) is 0 Å². The molecule has 3 rings (SSSR count). The molecule has 0 spiro atoms. The number of hydrogen-bond acceptors (Lipinski definition) is 4. The molecule has 0 unspecified atom stereocenters. The summed E-state index contributed by atoms with van der Waals surface area (Å²) in [4.78, 5) is 13.0. The van der Waals surface area contributed by atoms with Crippen LogP contribution in [0.5, 0.6) is 0 Å². The maximum absolute atomic E-state index is 12.4. The second kappa shape index (κ2) is 6.51. The number of carbonyl (C=O) groups excluding carboxylic acids is 1. The molecule has 1 N–H and O–H groups in total. The Morgan fingerprint density at radius 2 is 1.75 bits per heavy atom. The van der Waals surface area contributed by atoms with Crippen molar-refractivity contribution < 1.29 is 17.9 Å². The molecule has 0 bridgehead atoms. The number of ether oxygens (including phenoxy) is 1. The predicted octanol–water partition coefficient (Wildman–Crippen LogP) is 3.75. The van der Waals surface area contributed by atoms with Gasteiger partial charge in [-0.3, -0.25) is 9.62 Å². The van der Waals surface area contributed by atoms with Crippen LogP contribution < -0.4 is 9.62 Å². The zero-order chi connectivity index (χ0) is 17.3. The van der Waals surface area contributed by atoms with Crippen molar-refractivity contribution >= 4 is 50.7 Å². The maximum atomic E-state index is 12.4. The Kier molecular flexibility index (Phi) is 4.58. The molecule has 24 heavy (non-hydrogen) atoms. The summed E-state index contributed by atoms with van der Waals surface area (Å²) in [6, 6.07) is 10.5. The van der Waals surface area contributed by atoms with Gasteiger partial charge in [-0.15, -0.1) is 0 Å². The highest BCUT2D eigenvalue weighted by Gasteiger charge is 2.23. The van der Waals surface area contributed by atoms with Gasteiger partial charge in [-0.05, 0) is 42.5 Å². The number of halogens is 2. The number of carbonyl (C=O) groups is 1. The summed E-state index contributed by atoms with van der Waals surface area (Å²) >= 11 is 11.6. The molecule has 0 aromatic heterocycles. The third-order valence-electron chi connectivity index (χ3n) is 3.39. The Labute approximate surface area is 149 Å². The molecule has 0 atom stereocenters. The quantitative estimate of drug-likeness (QED) is 0.867. The normalized spacial score (nSPS) is 14.6. The summed E-state index contributed by atoms with van der Waals surface area (Å²) in [6.45, 7) is 0.803. The third kappa shape index (κ3) is 3.43. The molecule has 1 heterocycles. The Bertz CT molecular complexity index is 885. The van der Waals surface area contributed by atoms with E-state index in [9.17, 15) is 13.2 Å². The van der Waals surface area contributed by atoms with E-state index in [1.165, 1.54) is 23.1 Å². The van der Waals surface area contributed by atoms with Gasteiger partial charge in [-0.1, -0.05) is 23.2 Å². The molecular formula is C15H12Cl2N2O4S. The van der Waals surface area contributed by atoms with Crippen LogP contribution in [0.25, 0.3) is 0 Å². The summed E-state index contributed by atoms with van der Waals surface area (Å²) in [6.07, 6.45) is -0.417. The minimum atomic E-state index is -3.79. The van der Waals surface area contributed by atoms with Crippen LogP contribution in [0, 0.1) is 0 Å². The molecule has 0 radical (unpaired) electrons. The lowest BCUT2D eigenvalue weighted by molar-refractivity contribution is 0.181. The second-order valence-corrected chi connectivity index (χ2v) is 7.49. The molecule has 2 aromatic carbocycles. The minimum absolute atomic E-state index is 0.00379. The molecule has 1 amide bonds. The number of amides is 1. The number of benzene rings is 2. The lowest BCUT2D eigenvalue weighted by atomic mass is 10.2. The monoisotopic (exact) mass is 386 g/mol. The fourth-order valence-electron chi connectivity index (χ4n) is 2.20. The van der Waals surface area contributed by atoms with Crippen LogP contribution in [0.2, 0.25) is 10.0 Å². The fourth-order valence-corrected chi connectivity index (χ4v) is 3.64. The van der Waals surface area contributed by atoms with Gasteiger partial charge in [0.05, 0.1) is 21.5 Å². The van der Waals surface area contributed by atoms with Gasteiger partial charge in [0.25, 0.3) is 10.0 Å². The first-order chi connectivity index (χ1) is 11.4. The zero-order valence-electron chi connectivity index (χ0n) is 12.2. The number of nitrogens with zero attached hydrogens (tertiary/aromatic N) is 1. The molecule has 0 aliphatic carbocycles. The van der Waals surface area contributed by atoms with Crippen molar-refractivity contribution in [3.05, 3.63) is 52.5 Å². The number of hydrogen-bond donors (Lipinski definition) is 1. The second-order valence-electron chi connectivity index (χ2n) is 4.99. The van der Waals surface area contributed by atoms with E-state index in [2.05, 4.69) is 4.72 Å². The molecule has 6 nitrogen and oxygen atoms in total. The first kappa shape index (κ1) is 16.9. The van der Waals surface area contributed by atoms with Gasteiger partial charge in [-0.2, -0.15) is 0 Å². The van der Waals surface area contributed by atoms with Gasteiger partial charge in [0.15, 0.2) is 0 Å². The highest BCUT2D eigenvalue weighted by molar-refractivity contribution is 7.92. The predicted molar refractivity (Wildman–Crippen MR) is 92.4 cm³/mol. The highest BCUT2D eigenvalue weighted by atomic mass is 35.5. The Morgan fingerprint density at radius 3 is 2.33 bits per heavy atom. The van der Waals surface area contributed by atoms with Gasteiger partial charge in [0.2, 0.25) is 0 Å². The standard InChI is InChI=1S/C15H12Cl2N2O4S/c16-13-6-5-12(9-14(13)17)24(21,22)18-10-1-3-11(4-2-10)19-7-8-23-15(19)20/h1-6,9,18H,7-8H2. The highest BCUT2D eigenvalue weighted by Crippen LogP contribution is 2.27. The van der Waals surface area contributed by atoms with Gasteiger partial charge in [0, 0.05) is 11.4 Å². The van der Waals surface area contributed by atoms with Crippen molar-refractivity contribution in [3.63, 3.8) is 0 Å². The topological polar surface area (TPSA) is 75.7 Å². The van der Waals surface area contributed by atoms with E-state index >= 15 is 0 Å². The first-order valence-corrected chi connectivity index (χ1v) is 9.13. The van der Waals surface area contributed by atoms with Crippen molar-refractivity contribution in [2.75, 3.05) is 22.8 Å². The average Bonchev–Trinajstić information content (AvgIpc) is 2.96. The van der Waals surface area contributed by atoms with Crippen molar-refractivity contribution in [1.29, 1.82) is 0 Å². The van der Waals surface area contributed by atoms with E-state index in [0.717, 1.165) is 0 Å². The molecule has 9 heteroatoms. The van der Waals surface area contributed by atoms with Crippen LogP contribution in [0.3, 0.4) is 0 Å². The molecule has 2 aromatic rings. The lowest BCUT2D eigenvalue weighted by Crippen LogP contribution is -2.23. The molecule has 126 valence electrons. The number of cyclic esters (lactones) is 1. The summed E-state index contributed by atoms with van der Waals surface area (Å²) < 4.78 is 32.0. The van der Waals surface area contributed by atoms with E-state index in [4.69, 9.17) is 27.9 Å². The van der Waals surface area contributed by atoms with Gasteiger partial charge in [-0.25, -0.2) is 13.2 Å². The Hall–Kier alpha value is -1.96. The first-order valence-electron chi connectivity index (χ1n) is 6.89. The van der Waals surface area contributed by atoms with Gasteiger partial charge < -0.3 is 4.74 Å². The summed E-state index contributed by atoms with van der Waals surface area (Å²) in [7, 11) is -3.79. The summed E-state index contributed by atoms with van der Waals surface area (Å²) in [5.74, 6) is 0. The van der Waals surface area contributed by atoms with Gasteiger partial charge >= 0.3 is 6.09 Å². The van der Waals surface area contributed by atoms with Crippen molar-refractivity contribution in [2.45, 2.75) is 4.90 Å². The maximum Gasteiger partial charge on any atom is 0.414 e. The Morgan fingerprint density at radius 1 is 1.04 bits per heavy atom. The number of anilines is 2. The van der Waals surface area contributed by atoms with E-state index < -0.39 is 16.1 Å². The number of nitrogens with one attached hydrogen (secondary N) is 1.